The van der Waals surface area contributed by atoms with Gasteiger partial charge in [-0.1, -0.05) is 72.8 Å². The molecule has 0 aliphatic heterocycles. The van der Waals surface area contributed by atoms with Crippen LogP contribution in [0.3, 0.4) is 0 Å². The number of hydrogen-bond donors (Lipinski definition) is 1. The first kappa shape index (κ1) is 21.6. The summed E-state index contributed by atoms with van der Waals surface area (Å²) in [5.74, 6) is -0.0883. The van der Waals surface area contributed by atoms with Crippen molar-refractivity contribution >= 4 is 34.7 Å². The molecule has 3 rings (SSSR count). The molecule has 30 heavy (non-hydrogen) atoms. The molecular formula is C26H25ClN2O. The number of likely N-dealkylation sites (N-methyl/N-ethyl adjacent to an activating group) is 1. The lowest BCUT2D eigenvalue weighted by Crippen LogP contribution is -2.23. The van der Waals surface area contributed by atoms with Crippen molar-refractivity contribution in [1.82, 2.24) is 4.90 Å². The third kappa shape index (κ3) is 5.93. The molecule has 0 aliphatic carbocycles. The average Bonchev–Trinajstić information content (AvgIpc) is 2.74. The number of Topliss-reactive ketones (excluding diaryl/α,β-unsaturated/α-hetero) is 1. The quantitative estimate of drug-likeness (QED) is 0.290. The van der Waals surface area contributed by atoms with E-state index in [1.807, 2.05) is 55.6 Å². The summed E-state index contributed by atoms with van der Waals surface area (Å²) in [6.07, 6.45) is 1.87. The highest BCUT2D eigenvalue weighted by atomic mass is 35.5. The normalized spacial score (nSPS) is 11.5. The predicted molar refractivity (Wildman–Crippen MR) is 127 cm³/mol. The van der Waals surface area contributed by atoms with Gasteiger partial charge in [-0.15, -0.1) is 0 Å². The highest BCUT2D eigenvalue weighted by Gasteiger charge is 2.17. The number of benzene rings is 3. The topological polar surface area (TPSA) is 46.3 Å². The van der Waals surface area contributed by atoms with Crippen LogP contribution in [0, 0.1) is 0 Å². The highest BCUT2D eigenvalue weighted by Crippen LogP contribution is 2.24. The van der Waals surface area contributed by atoms with E-state index in [-0.39, 0.29) is 5.78 Å². The lowest BCUT2D eigenvalue weighted by atomic mass is 9.94. The standard InChI is InChI=1S/C26H25ClN2O/c1-19(17-29(2)18-21-6-4-3-5-7-21)26(30)25(22-10-14-24(28)15-11-22)16-20-8-12-23(27)13-9-20/h3-16H,1,17-18,28H2,2H3/b25-16-. The van der Waals surface area contributed by atoms with Crippen molar-refractivity contribution in [3.63, 3.8) is 0 Å². The molecule has 0 saturated heterocycles. The number of allylic oxidation sites excluding steroid dienone is 1. The molecular weight excluding hydrogens is 392 g/mol. The Morgan fingerprint density at radius 3 is 2.27 bits per heavy atom. The van der Waals surface area contributed by atoms with Crippen molar-refractivity contribution in [3.8, 4) is 0 Å². The van der Waals surface area contributed by atoms with Gasteiger partial charge in [0.25, 0.3) is 0 Å². The van der Waals surface area contributed by atoms with Gasteiger partial charge in [0.05, 0.1) is 0 Å². The summed E-state index contributed by atoms with van der Waals surface area (Å²) < 4.78 is 0. The first-order valence-electron chi connectivity index (χ1n) is 9.70. The van der Waals surface area contributed by atoms with Gasteiger partial charge in [0.1, 0.15) is 0 Å². The molecule has 0 bridgehead atoms. The Morgan fingerprint density at radius 1 is 1.00 bits per heavy atom. The third-order valence-corrected chi connectivity index (χ3v) is 4.98. The summed E-state index contributed by atoms with van der Waals surface area (Å²) in [4.78, 5) is 15.4. The van der Waals surface area contributed by atoms with Gasteiger partial charge in [-0.05, 0) is 54.1 Å². The van der Waals surface area contributed by atoms with Crippen molar-refractivity contribution < 1.29 is 4.79 Å². The monoisotopic (exact) mass is 416 g/mol. The fourth-order valence-corrected chi connectivity index (χ4v) is 3.33. The fourth-order valence-electron chi connectivity index (χ4n) is 3.21. The number of ketones is 1. The molecule has 0 amide bonds. The smallest absolute Gasteiger partial charge is 0.190 e. The van der Waals surface area contributed by atoms with Crippen molar-refractivity contribution in [2.24, 2.45) is 0 Å². The van der Waals surface area contributed by atoms with E-state index in [9.17, 15) is 4.79 Å². The number of hydrogen-bond acceptors (Lipinski definition) is 3. The molecule has 3 aromatic carbocycles. The number of nitrogen functional groups attached to an aromatic ring is 1. The summed E-state index contributed by atoms with van der Waals surface area (Å²) in [6, 6.07) is 24.8. The minimum Gasteiger partial charge on any atom is -0.399 e. The fraction of sp³-hybridized carbons (Fsp3) is 0.115. The Labute approximate surface area is 183 Å². The Hall–Kier alpha value is -3.14. The van der Waals surface area contributed by atoms with Crippen LogP contribution in [0.4, 0.5) is 5.69 Å². The minimum absolute atomic E-state index is 0.0883. The van der Waals surface area contributed by atoms with Crippen LogP contribution in [-0.4, -0.2) is 24.3 Å². The van der Waals surface area contributed by atoms with E-state index in [0.717, 1.165) is 17.7 Å². The van der Waals surface area contributed by atoms with Gasteiger partial charge in [0.2, 0.25) is 0 Å². The summed E-state index contributed by atoms with van der Waals surface area (Å²) >= 11 is 6.00. The van der Waals surface area contributed by atoms with Crippen molar-refractivity contribution in [2.45, 2.75) is 6.54 Å². The van der Waals surface area contributed by atoms with Gasteiger partial charge >= 0.3 is 0 Å². The van der Waals surface area contributed by atoms with Gasteiger partial charge in [-0.25, -0.2) is 0 Å². The van der Waals surface area contributed by atoms with Crippen LogP contribution >= 0.6 is 11.6 Å². The predicted octanol–water partition coefficient (Wildman–Crippen LogP) is 5.72. The molecule has 3 nitrogen and oxygen atoms in total. The molecule has 0 spiro atoms. The first-order valence-corrected chi connectivity index (χ1v) is 10.1. The average molecular weight is 417 g/mol. The molecule has 0 atom stereocenters. The molecule has 3 aromatic rings. The summed E-state index contributed by atoms with van der Waals surface area (Å²) in [6.45, 7) is 5.29. The van der Waals surface area contributed by atoms with Gasteiger partial charge in [0, 0.05) is 34.9 Å². The molecule has 0 saturated carbocycles. The molecule has 0 heterocycles. The lowest BCUT2D eigenvalue weighted by molar-refractivity contribution is -0.110. The summed E-state index contributed by atoms with van der Waals surface area (Å²) in [5, 5.41) is 0.652. The second-order valence-corrected chi connectivity index (χ2v) is 7.76. The van der Waals surface area contributed by atoms with Crippen molar-refractivity contribution in [1.29, 1.82) is 0 Å². The first-order chi connectivity index (χ1) is 14.4. The van der Waals surface area contributed by atoms with Crippen LogP contribution in [0.25, 0.3) is 11.6 Å². The third-order valence-electron chi connectivity index (χ3n) is 4.72. The number of halogens is 1. The number of anilines is 1. The minimum atomic E-state index is -0.0883. The van der Waals surface area contributed by atoms with Crippen LogP contribution in [0.5, 0.6) is 0 Å². The molecule has 4 heteroatoms. The number of nitrogens with zero attached hydrogens (tertiary/aromatic N) is 1. The molecule has 0 fully saturated rings. The number of carbonyl (C=O) groups excluding carboxylic acids is 1. The van der Waals surface area contributed by atoms with E-state index >= 15 is 0 Å². The maximum absolute atomic E-state index is 13.3. The van der Waals surface area contributed by atoms with E-state index in [1.165, 1.54) is 5.56 Å². The van der Waals surface area contributed by atoms with Crippen molar-refractivity contribution in [2.75, 3.05) is 19.3 Å². The largest absolute Gasteiger partial charge is 0.399 e. The van der Waals surface area contributed by atoms with Crippen LogP contribution in [0.2, 0.25) is 5.02 Å². The molecule has 0 aliphatic rings. The zero-order chi connectivity index (χ0) is 21.5. The van der Waals surface area contributed by atoms with Gasteiger partial charge in [0.15, 0.2) is 5.78 Å². The van der Waals surface area contributed by atoms with Crippen LogP contribution in [0.1, 0.15) is 16.7 Å². The van der Waals surface area contributed by atoms with Gasteiger partial charge < -0.3 is 5.73 Å². The summed E-state index contributed by atoms with van der Waals surface area (Å²) in [5.41, 5.74) is 10.5. The van der Waals surface area contributed by atoms with E-state index < -0.39 is 0 Å². The van der Waals surface area contributed by atoms with Gasteiger partial charge in [-0.3, -0.25) is 9.69 Å². The maximum atomic E-state index is 13.3. The number of carbonyl (C=O) groups is 1. The van der Waals surface area contributed by atoms with Gasteiger partial charge in [-0.2, -0.15) is 0 Å². The summed E-state index contributed by atoms with van der Waals surface area (Å²) in [7, 11) is 1.98. The Balaban J connectivity index is 1.83. The molecule has 152 valence electrons. The van der Waals surface area contributed by atoms with Crippen LogP contribution < -0.4 is 5.73 Å². The number of nitrogens with two attached hydrogens (primary N) is 1. The second kappa shape index (κ2) is 10.1. The molecule has 0 aromatic heterocycles. The van der Waals surface area contributed by atoms with E-state index in [0.29, 0.717) is 28.4 Å². The van der Waals surface area contributed by atoms with Crippen LogP contribution in [0.15, 0.2) is 91.0 Å². The SMILES string of the molecule is C=C(CN(C)Cc1ccccc1)C(=O)/C(=C\c1ccc(Cl)cc1)c1ccc(N)cc1. The molecule has 0 radical (unpaired) electrons. The van der Waals surface area contributed by atoms with Crippen molar-refractivity contribution in [3.05, 3.63) is 113 Å². The Kier molecular flexibility index (Phi) is 7.23. The maximum Gasteiger partial charge on any atom is 0.190 e. The van der Waals surface area contributed by atoms with Crippen LogP contribution in [-0.2, 0) is 11.3 Å². The number of rotatable bonds is 8. The van der Waals surface area contributed by atoms with E-state index in [4.69, 9.17) is 17.3 Å². The highest BCUT2D eigenvalue weighted by molar-refractivity contribution is 6.32. The van der Waals surface area contributed by atoms with E-state index in [2.05, 4.69) is 23.6 Å². The zero-order valence-corrected chi connectivity index (χ0v) is 17.8. The molecule has 0 unspecified atom stereocenters. The Morgan fingerprint density at radius 2 is 1.63 bits per heavy atom. The Bertz CT molecular complexity index is 1040. The molecule has 2 N–H and O–H groups in total. The second-order valence-electron chi connectivity index (χ2n) is 7.32. The zero-order valence-electron chi connectivity index (χ0n) is 17.0. The van der Waals surface area contributed by atoms with E-state index in [1.54, 1.807) is 24.3 Å². The lowest BCUT2D eigenvalue weighted by Gasteiger charge is -2.18.